The molecule has 0 saturated carbocycles. The monoisotopic (exact) mass is 350 g/mol. The Kier molecular flexibility index (Phi) is 4.70. The van der Waals surface area contributed by atoms with Crippen LogP contribution >= 0.6 is 15.9 Å². The predicted molar refractivity (Wildman–Crippen MR) is 73.4 cm³/mol. The van der Waals surface area contributed by atoms with Crippen LogP contribution in [0.25, 0.3) is 0 Å². The number of piperidine rings is 1. The second-order valence-electron chi connectivity index (χ2n) is 4.72. The molecule has 1 heterocycles. The number of benzene rings is 1. The van der Waals surface area contributed by atoms with Crippen LogP contribution in [0.2, 0.25) is 0 Å². The summed E-state index contributed by atoms with van der Waals surface area (Å²) in [5.74, 6) is -0.654. The quantitative estimate of drug-likeness (QED) is 0.858. The average molecular weight is 351 g/mol. The van der Waals surface area contributed by atoms with Crippen molar-refractivity contribution in [1.82, 2.24) is 5.32 Å². The lowest BCUT2D eigenvalue weighted by Crippen LogP contribution is -2.37. The molecule has 1 atom stereocenters. The fraction of sp³-hybridized carbons (Fsp3) is 0.462. The van der Waals surface area contributed by atoms with Gasteiger partial charge in [-0.2, -0.15) is 13.2 Å². The van der Waals surface area contributed by atoms with Crippen molar-refractivity contribution in [3.8, 4) is 0 Å². The Morgan fingerprint density at radius 1 is 1.40 bits per heavy atom. The summed E-state index contributed by atoms with van der Waals surface area (Å²) in [5, 5.41) is 5.46. The summed E-state index contributed by atoms with van der Waals surface area (Å²) in [5.41, 5.74) is -1.04. The molecule has 0 bridgehead atoms. The van der Waals surface area contributed by atoms with Gasteiger partial charge in [0.2, 0.25) is 5.91 Å². The van der Waals surface area contributed by atoms with Gasteiger partial charge in [0.1, 0.15) is 0 Å². The van der Waals surface area contributed by atoms with Crippen LogP contribution in [-0.4, -0.2) is 19.0 Å². The number of hydrogen-bond acceptors (Lipinski definition) is 2. The van der Waals surface area contributed by atoms with E-state index in [0.717, 1.165) is 19.0 Å². The third kappa shape index (κ3) is 3.73. The van der Waals surface area contributed by atoms with Gasteiger partial charge in [-0.05, 0) is 37.6 Å². The van der Waals surface area contributed by atoms with E-state index in [1.54, 1.807) is 0 Å². The summed E-state index contributed by atoms with van der Waals surface area (Å²) in [6.07, 6.45) is -2.96. The summed E-state index contributed by atoms with van der Waals surface area (Å²) in [4.78, 5) is 12.0. The molecule has 0 unspecified atom stereocenters. The molecule has 3 nitrogen and oxygen atoms in total. The summed E-state index contributed by atoms with van der Waals surface area (Å²) >= 11 is 3.01. The zero-order valence-electron chi connectivity index (χ0n) is 10.6. The van der Waals surface area contributed by atoms with Gasteiger partial charge in [-0.15, -0.1) is 0 Å². The third-order valence-electron chi connectivity index (χ3n) is 3.21. The Balaban J connectivity index is 2.18. The second kappa shape index (κ2) is 6.13. The minimum absolute atomic E-state index is 0.198. The standard InChI is InChI=1S/C13H14BrF3N2O/c14-9-3-4-11(10(6-9)13(15,16)17)19-12(20)8-2-1-5-18-7-8/h3-4,6,8,18H,1-2,5,7H2,(H,19,20)/t8-/m0/s1. The maximum Gasteiger partial charge on any atom is 0.418 e. The minimum atomic E-state index is -4.50. The molecule has 1 aliphatic rings. The molecular weight excluding hydrogens is 337 g/mol. The van der Waals surface area contributed by atoms with Crippen molar-refractivity contribution >= 4 is 27.5 Å². The van der Waals surface area contributed by atoms with Crippen molar-refractivity contribution in [2.75, 3.05) is 18.4 Å². The molecule has 0 aliphatic carbocycles. The Hall–Kier alpha value is -1.08. The van der Waals surface area contributed by atoms with E-state index in [1.807, 2.05) is 0 Å². The van der Waals surface area contributed by atoms with E-state index in [2.05, 4.69) is 26.6 Å². The van der Waals surface area contributed by atoms with Crippen LogP contribution in [0.3, 0.4) is 0 Å². The SMILES string of the molecule is O=C(Nc1ccc(Br)cc1C(F)(F)F)[C@H]1CCCNC1. The lowest BCUT2D eigenvalue weighted by atomic mass is 9.98. The number of halogens is 4. The number of carbonyl (C=O) groups excluding carboxylic acids is 1. The largest absolute Gasteiger partial charge is 0.418 e. The van der Waals surface area contributed by atoms with Gasteiger partial charge in [-0.1, -0.05) is 15.9 Å². The molecule has 1 aromatic rings. The van der Waals surface area contributed by atoms with Gasteiger partial charge in [0.25, 0.3) is 0 Å². The smallest absolute Gasteiger partial charge is 0.325 e. The second-order valence-corrected chi connectivity index (χ2v) is 5.64. The fourth-order valence-corrected chi connectivity index (χ4v) is 2.53. The summed E-state index contributed by atoms with van der Waals surface area (Å²) in [7, 11) is 0. The zero-order chi connectivity index (χ0) is 14.8. The zero-order valence-corrected chi connectivity index (χ0v) is 12.1. The highest BCUT2D eigenvalue weighted by Gasteiger charge is 2.34. The summed E-state index contributed by atoms with van der Waals surface area (Å²) in [6, 6.07) is 3.71. The predicted octanol–water partition coefficient (Wildman–Crippen LogP) is 3.41. The van der Waals surface area contributed by atoms with E-state index in [-0.39, 0.29) is 17.5 Å². The number of alkyl halides is 3. The molecule has 1 amide bonds. The molecule has 2 N–H and O–H groups in total. The number of nitrogens with one attached hydrogen (secondary N) is 2. The maximum absolute atomic E-state index is 12.9. The van der Waals surface area contributed by atoms with E-state index in [1.165, 1.54) is 12.1 Å². The number of carbonyl (C=O) groups is 1. The van der Waals surface area contributed by atoms with Crippen LogP contribution in [0.1, 0.15) is 18.4 Å². The average Bonchev–Trinajstić information content (AvgIpc) is 2.40. The number of anilines is 1. The van der Waals surface area contributed by atoms with Crippen molar-refractivity contribution in [2.24, 2.45) is 5.92 Å². The van der Waals surface area contributed by atoms with Gasteiger partial charge >= 0.3 is 6.18 Å². The van der Waals surface area contributed by atoms with Crippen LogP contribution in [0.15, 0.2) is 22.7 Å². The van der Waals surface area contributed by atoms with Crippen LogP contribution in [0.5, 0.6) is 0 Å². The summed E-state index contributed by atoms with van der Waals surface area (Å²) < 4.78 is 39.1. The minimum Gasteiger partial charge on any atom is -0.325 e. The molecule has 7 heteroatoms. The number of rotatable bonds is 2. The molecular formula is C13H14BrF3N2O. The van der Waals surface area contributed by atoms with Crippen molar-refractivity contribution in [1.29, 1.82) is 0 Å². The van der Waals surface area contributed by atoms with Gasteiger partial charge in [0.05, 0.1) is 17.2 Å². The molecule has 1 saturated heterocycles. The Labute approximate surface area is 123 Å². The molecule has 20 heavy (non-hydrogen) atoms. The third-order valence-corrected chi connectivity index (χ3v) is 3.71. The van der Waals surface area contributed by atoms with Gasteiger partial charge in [0, 0.05) is 11.0 Å². The molecule has 0 radical (unpaired) electrons. The Morgan fingerprint density at radius 2 is 2.15 bits per heavy atom. The van der Waals surface area contributed by atoms with E-state index in [4.69, 9.17) is 0 Å². The van der Waals surface area contributed by atoms with Crippen molar-refractivity contribution in [3.63, 3.8) is 0 Å². The van der Waals surface area contributed by atoms with E-state index in [0.29, 0.717) is 17.4 Å². The maximum atomic E-state index is 12.9. The highest BCUT2D eigenvalue weighted by atomic mass is 79.9. The van der Waals surface area contributed by atoms with Crippen LogP contribution in [0.4, 0.5) is 18.9 Å². The first kappa shape index (κ1) is 15.3. The molecule has 0 spiro atoms. The summed E-state index contributed by atoms with van der Waals surface area (Å²) in [6.45, 7) is 1.35. The number of amides is 1. The Bertz CT molecular complexity index is 499. The first-order valence-corrected chi connectivity index (χ1v) is 7.05. The van der Waals surface area contributed by atoms with E-state index < -0.39 is 11.7 Å². The highest BCUT2D eigenvalue weighted by Crippen LogP contribution is 2.36. The fourth-order valence-electron chi connectivity index (χ4n) is 2.17. The normalized spacial score (nSPS) is 19.7. The van der Waals surface area contributed by atoms with Gasteiger partial charge in [-0.3, -0.25) is 4.79 Å². The molecule has 1 aromatic carbocycles. The lowest BCUT2D eigenvalue weighted by molar-refractivity contribution is -0.137. The van der Waals surface area contributed by atoms with Crippen LogP contribution in [-0.2, 0) is 11.0 Å². The molecule has 0 aromatic heterocycles. The molecule has 1 aliphatic heterocycles. The van der Waals surface area contributed by atoms with E-state index in [9.17, 15) is 18.0 Å². The van der Waals surface area contributed by atoms with Crippen LogP contribution < -0.4 is 10.6 Å². The highest BCUT2D eigenvalue weighted by molar-refractivity contribution is 9.10. The van der Waals surface area contributed by atoms with Gasteiger partial charge in [-0.25, -0.2) is 0 Å². The van der Waals surface area contributed by atoms with Crippen molar-refractivity contribution in [3.05, 3.63) is 28.2 Å². The first-order chi connectivity index (χ1) is 9.38. The number of hydrogen-bond donors (Lipinski definition) is 2. The van der Waals surface area contributed by atoms with Crippen molar-refractivity contribution in [2.45, 2.75) is 19.0 Å². The van der Waals surface area contributed by atoms with E-state index >= 15 is 0 Å². The van der Waals surface area contributed by atoms with Gasteiger partial charge < -0.3 is 10.6 Å². The Morgan fingerprint density at radius 3 is 2.75 bits per heavy atom. The first-order valence-electron chi connectivity index (χ1n) is 6.26. The van der Waals surface area contributed by atoms with Crippen LogP contribution in [0, 0.1) is 5.92 Å². The lowest BCUT2D eigenvalue weighted by Gasteiger charge is -2.23. The molecule has 110 valence electrons. The molecule has 2 rings (SSSR count). The topological polar surface area (TPSA) is 41.1 Å². The molecule has 1 fully saturated rings. The van der Waals surface area contributed by atoms with Gasteiger partial charge in [0.15, 0.2) is 0 Å². The van der Waals surface area contributed by atoms with Crippen molar-refractivity contribution < 1.29 is 18.0 Å².